The number of carbonyl (C=O) groups excluding carboxylic acids is 1. The number of nitrogens with one attached hydrogen (secondary N) is 1. The first kappa shape index (κ1) is 10.5. The van der Waals surface area contributed by atoms with Crippen LogP contribution >= 0.6 is 11.6 Å². The van der Waals surface area contributed by atoms with Crippen LogP contribution in [0, 0.1) is 0 Å². The smallest absolute Gasteiger partial charge is 0.289 e. The molecule has 1 aliphatic heterocycles. The third-order valence-electron chi connectivity index (χ3n) is 2.55. The molecular formula is C10H13ClN2O2. The number of nitrogens with zero attached hydrogens (tertiary/aromatic N) is 1. The Morgan fingerprint density at radius 1 is 1.67 bits per heavy atom. The first-order chi connectivity index (χ1) is 7.18. The highest BCUT2D eigenvalue weighted by atomic mass is 35.5. The molecule has 5 heteroatoms. The third kappa shape index (κ3) is 2.16. The quantitative estimate of drug-likeness (QED) is 0.790. The Morgan fingerprint density at radius 3 is 3.07 bits per heavy atom. The van der Waals surface area contributed by atoms with Crippen LogP contribution in [0.3, 0.4) is 0 Å². The average molecular weight is 229 g/mol. The molecule has 1 fully saturated rings. The maximum absolute atomic E-state index is 12.0. The summed E-state index contributed by atoms with van der Waals surface area (Å²) in [6.07, 6.45) is 0. The van der Waals surface area contributed by atoms with Crippen molar-refractivity contribution in [3.63, 3.8) is 0 Å². The van der Waals surface area contributed by atoms with E-state index in [1.807, 2.05) is 6.92 Å². The molecule has 2 heterocycles. The van der Waals surface area contributed by atoms with Gasteiger partial charge in [0.25, 0.3) is 5.91 Å². The van der Waals surface area contributed by atoms with Crippen molar-refractivity contribution in [3.8, 4) is 0 Å². The van der Waals surface area contributed by atoms with Gasteiger partial charge in [-0.25, -0.2) is 0 Å². The maximum Gasteiger partial charge on any atom is 0.289 e. The van der Waals surface area contributed by atoms with E-state index in [9.17, 15) is 4.79 Å². The standard InChI is InChI=1S/C10H13ClN2O2/c1-7-6-12-4-5-13(7)10(14)8-2-3-9(11)15-8/h2-3,7,12H,4-6H2,1H3/t7-/m1/s1. The number of furan rings is 1. The first-order valence-electron chi connectivity index (χ1n) is 4.95. The average Bonchev–Trinajstić information content (AvgIpc) is 2.65. The van der Waals surface area contributed by atoms with E-state index in [-0.39, 0.29) is 17.2 Å². The van der Waals surface area contributed by atoms with Crippen molar-refractivity contribution in [3.05, 3.63) is 23.1 Å². The summed E-state index contributed by atoms with van der Waals surface area (Å²) in [4.78, 5) is 13.8. The molecule has 0 spiro atoms. The van der Waals surface area contributed by atoms with E-state index in [0.717, 1.165) is 13.1 Å². The molecule has 1 atom stereocenters. The Kier molecular flexibility index (Phi) is 2.98. The number of carbonyl (C=O) groups is 1. The molecule has 2 rings (SSSR count). The fourth-order valence-corrected chi connectivity index (χ4v) is 1.86. The van der Waals surface area contributed by atoms with Crippen LogP contribution in [-0.4, -0.2) is 36.5 Å². The van der Waals surface area contributed by atoms with Gasteiger partial charge in [-0.2, -0.15) is 0 Å². The van der Waals surface area contributed by atoms with Gasteiger partial charge in [-0.05, 0) is 30.7 Å². The van der Waals surface area contributed by atoms with E-state index in [4.69, 9.17) is 16.0 Å². The van der Waals surface area contributed by atoms with E-state index in [1.165, 1.54) is 0 Å². The number of rotatable bonds is 1. The van der Waals surface area contributed by atoms with Crippen LogP contribution in [0.25, 0.3) is 0 Å². The van der Waals surface area contributed by atoms with Gasteiger partial charge in [0.1, 0.15) is 0 Å². The van der Waals surface area contributed by atoms with Crippen LogP contribution in [0.5, 0.6) is 0 Å². The van der Waals surface area contributed by atoms with E-state index >= 15 is 0 Å². The second-order valence-corrected chi connectivity index (χ2v) is 4.03. The minimum Gasteiger partial charge on any atom is -0.440 e. The Balaban J connectivity index is 2.13. The lowest BCUT2D eigenvalue weighted by Gasteiger charge is -2.33. The fraction of sp³-hybridized carbons (Fsp3) is 0.500. The highest BCUT2D eigenvalue weighted by Crippen LogP contribution is 2.16. The Labute approximate surface area is 93.2 Å². The zero-order valence-electron chi connectivity index (χ0n) is 8.50. The predicted octanol–water partition coefficient (Wildman–Crippen LogP) is 1.37. The molecule has 82 valence electrons. The number of hydrogen-bond acceptors (Lipinski definition) is 3. The molecule has 0 saturated carbocycles. The van der Waals surface area contributed by atoms with Crippen LogP contribution in [0.15, 0.2) is 16.5 Å². The summed E-state index contributed by atoms with van der Waals surface area (Å²) in [5, 5.41) is 3.48. The molecule has 1 aromatic heterocycles. The van der Waals surface area contributed by atoms with Gasteiger partial charge < -0.3 is 14.6 Å². The molecule has 1 amide bonds. The summed E-state index contributed by atoms with van der Waals surface area (Å²) >= 11 is 5.63. The van der Waals surface area contributed by atoms with Gasteiger partial charge >= 0.3 is 0 Å². The van der Waals surface area contributed by atoms with E-state index in [2.05, 4.69) is 5.32 Å². The van der Waals surface area contributed by atoms with Crippen molar-refractivity contribution >= 4 is 17.5 Å². The van der Waals surface area contributed by atoms with Gasteiger partial charge in [-0.3, -0.25) is 4.79 Å². The molecule has 0 aliphatic carbocycles. The van der Waals surface area contributed by atoms with Gasteiger partial charge in [-0.15, -0.1) is 0 Å². The molecule has 0 aromatic carbocycles. The molecule has 1 saturated heterocycles. The van der Waals surface area contributed by atoms with Gasteiger partial charge in [0.15, 0.2) is 11.0 Å². The highest BCUT2D eigenvalue weighted by Gasteiger charge is 2.25. The van der Waals surface area contributed by atoms with Crippen molar-refractivity contribution in [2.75, 3.05) is 19.6 Å². The summed E-state index contributed by atoms with van der Waals surface area (Å²) in [5.74, 6) is 0.227. The molecule has 1 aliphatic rings. The van der Waals surface area contributed by atoms with Gasteiger partial charge in [0.05, 0.1) is 0 Å². The summed E-state index contributed by atoms with van der Waals surface area (Å²) < 4.78 is 5.10. The van der Waals surface area contributed by atoms with Crippen LogP contribution < -0.4 is 5.32 Å². The lowest BCUT2D eigenvalue weighted by atomic mass is 10.2. The van der Waals surface area contributed by atoms with Gasteiger partial charge in [0.2, 0.25) is 0 Å². The first-order valence-corrected chi connectivity index (χ1v) is 5.33. The molecule has 15 heavy (non-hydrogen) atoms. The predicted molar refractivity (Wildman–Crippen MR) is 57.1 cm³/mol. The summed E-state index contributed by atoms with van der Waals surface area (Å²) in [6.45, 7) is 4.36. The number of halogens is 1. The Morgan fingerprint density at radius 2 is 2.47 bits per heavy atom. The van der Waals surface area contributed by atoms with Crippen molar-refractivity contribution < 1.29 is 9.21 Å². The normalized spacial score (nSPS) is 21.7. The van der Waals surface area contributed by atoms with Crippen molar-refractivity contribution in [2.45, 2.75) is 13.0 Å². The van der Waals surface area contributed by atoms with Crippen LogP contribution in [0.1, 0.15) is 17.5 Å². The highest BCUT2D eigenvalue weighted by molar-refractivity contribution is 6.29. The molecular weight excluding hydrogens is 216 g/mol. The van der Waals surface area contributed by atoms with Crippen LogP contribution in [0.4, 0.5) is 0 Å². The second-order valence-electron chi connectivity index (χ2n) is 3.66. The Hall–Kier alpha value is -1.00. The molecule has 0 radical (unpaired) electrons. The summed E-state index contributed by atoms with van der Waals surface area (Å²) in [5.41, 5.74) is 0. The van der Waals surface area contributed by atoms with Crippen molar-refractivity contribution in [1.29, 1.82) is 0 Å². The minimum absolute atomic E-state index is 0.0871. The van der Waals surface area contributed by atoms with Gasteiger partial charge in [-0.1, -0.05) is 0 Å². The molecule has 1 N–H and O–H groups in total. The third-order valence-corrected chi connectivity index (χ3v) is 2.75. The largest absolute Gasteiger partial charge is 0.440 e. The summed E-state index contributed by atoms with van der Waals surface area (Å²) in [6, 6.07) is 3.39. The second kappa shape index (κ2) is 4.24. The summed E-state index contributed by atoms with van der Waals surface area (Å²) in [7, 11) is 0. The van der Waals surface area contributed by atoms with Crippen LogP contribution in [-0.2, 0) is 0 Å². The molecule has 1 aromatic rings. The topological polar surface area (TPSA) is 45.5 Å². The fourth-order valence-electron chi connectivity index (χ4n) is 1.71. The van der Waals surface area contributed by atoms with Crippen LogP contribution in [0.2, 0.25) is 5.22 Å². The zero-order chi connectivity index (χ0) is 10.8. The molecule has 0 bridgehead atoms. The lowest BCUT2D eigenvalue weighted by molar-refractivity contribution is 0.0623. The number of piperazine rings is 1. The molecule has 4 nitrogen and oxygen atoms in total. The van der Waals surface area contributed by atoms with E-state index < -0.39 is 0 Å². The van der Waals surface area contributed by atoms with Gasteiger partial charge in [0, 0.05) is 25.7 Å². The van der Waals surface area contributed by atoms with E-state index in [0.29, 0.717) is 12.3 Å². The van der Waals surface area contributed by atoms with Crippen molar-refractivity contribution in [2.24, 2.45) is 0 Å². The SMILES string of the molecule is C[C@@H]1CNCCN1C(=O)c1ccc(Cl)o1. The van der Waals surface area contributed by atoms with E-state index in [1.54, 1.807) is 17.0 Å². The zero-order valence-corrected chi connectivity index (χ0v) is 9.25. The number of amides is 1. The Bertz CT molecular complexity index is 364. The lowest BCUT2D eigenvalue weighted by Crippen LogP contribution is -2.52. The maximum atomic E-state index is 12.0. The number of hydrogen-bond donors (Lipinski definition) is 1. The molecule has 0 unspecified atom stereocenters. The van der Waals surface area contributed by atoms with Crippen molar-refractivity contribution in [1.82, 2.24) is 10.2 Å². The minimum atomic E-state index is -0.0871. The monoisotopic (exact) mass is 228 g/mol.